The molecule has 0 amide bonds. The fourth-order valence-corrected chi connectivity index (χ4v) is 3.77. The largest absolute Gasteiger partial charge is 0.352 e. The minimum Gasteiger partial charge on any atom is -0.352 e. The molecule has 1 aliphatic heterocycles. The Hall–Kier alpha value is -3.26. The summed E-state index contributed by atoms with van der Waals surface area (Å²) in [6.45, 7) is 5.32. The van der Waals surface area contributed by atoms with Gasteiger partial charge in [-0.25, -0.2) is 14.6 Å². The molecular formula is C20H19ClN8. The zero-order valence-corrected chi connectivity index (χ0v) is 16.7. The average Bonchev–Trinajstić information content (AvgIpc) is 3.19. The van der Waals surface area contributed by atoms with E-state index >= 15 is 0 Å². The van der Waals surface area contributed by atoms with Gasteiger partial charge >= 0.3 is 0 Å². The van der Waals surface area contributed by atoms with E-state index in [2.05, 4.69) is 35.1 Å². The smallest absolute Gasteiger partial charge is 0.168 e. The lowest BCUT2D eigenvalue weighted by atomic mass is 10.2. The number of rotatable bonds is 3. The fourth-order valence-electron chi connectivity index (χ4n) is 3.59. The molecule has 1 aromatic carbocycles. The van der Waals surface area contributed by atoms with E-state index in [4.69, 9.17) is 11.6 Å². The fraction of sp³-hybridized carbons (Fsp3) is 0.250. The van der Waals surface area contributed by atoms with Gasteiger partial charge in [-0.15, -0.1) is 5.10 Å². The summed E-state index contributed by atoms with van der Waals surface area (Å²) in [6, 6.07) is 11.6. The van der Waals surface area contributed by atoms with Crippen LogP contribution in [0, 0.1) is 6.92 Å². The Kier molecular flexibility index (Phi) is 4.48. The topological polar surface area (TPSA) is 75.9 Å². The van der Waals surface area contributed by atoms with E-state index in [0.717, 1.165) is 60.2 Å². The van der Waals surface area contributed by atoms with Crippen molar-refractivity contribution in [2.24, 2.45) is 0 Å². The van der Waals surface area contributed by atoms with Crippen LogP contribution in [-0.4, -0.2) is 56.1 Å². The Bertz CT molecular complexity index is 1150. The maximum Gasteiger partial charge on any atom is 0.168 e. The summed E-state index contributed by atoms with van der Waals surface area (Å²) in [5.41, 5.74) is 2.57. The van der Waals surface area contributed by atoms with E-state index in [1.807, 2.05) is 49.5 Å². The molecule has 5 rings (SSSR count). The van der Waals surface area contributed by atoms with Gasteiger partial charge in [0.1, 0.15) is 12.1 Å². The number of anilines is 2. The average molecular weight is 407 g/mol. The molecule has 0 saturated carbocycles. The predicted octanol–water partition coefficient (Wildman–Crippen LogP) is 2.89. The first-order valence-corrected chi connectivity index (χ1v) is 9.82. The maximum absolute atomic E-state index is 6.14. The van der Waals surface area contributed by atoms with Gasteiger partial charge < -0.3 is 9.80 Å². The Morgan fingerprint density at radius 2 is 1.76 bits per heavy atom. The summed E-state index contributed by atoms with van der Waals surface area (Å²) in [4.78, 5) is 13.5. The molecule has 3 aromatic heterocycles. The maximum atomic E-state index is 6.14. The standard InChI is InChI=1S/C20H19ClN8/c1-14-5-6-18(26-25-14)27-7-9-28(10-8-27)19-17-12-24-29(20(17)23-13-22-19)16-4-2-3-15(21)11-16/h2-6,11-13H,7-10H2,1H3. The zero-order valence-electron chi connectivity index (χ0n) is 15.9. The molecule has 0 bridgehead atoms. The molecule has 146 valence electrons. The van der Waals surface area contributed by atoms with E-state index < -0.39 is 0 Å². The van der Waals surface area contributed by atoms with Gasteiger partial charge in [-0.05, 0) is 37.3 Å². The molecule has 1 fully saturated rings. The van der Waals surface area contributed by atoms with Crippen molar-refractivity contribution in [3.63, 3.8) is 0 Å². The van der Waals surface area contributed by atoms with E-state index in [1.165, 1.54) is 0 Å². The van der Waals surface area contributed by atoms with Gasteiger partial charge in [0.25, 0.3) is 0 Å². The lowest BCUT2D eigenvalue weighted by Crippen LogP contribution is -2.47. The van der Waals surface area contributed by atoms with Gasteiger partial charge in [0.2, 0.25) is 0 Å². The van der Waals surface area contributed by atoms with Crippen molar-refractivity contribution in [3.05, 3.63) is 59.6 Å². The normalized spacial score (nSPS) is 14.6. The highest BCUT2D eigenvalue weighted by atomic mass is 35.5. The summed E-state index contributed by atoms with van der Waals surface area (Å²) in [7, 11) is 0. The number of fused-ring (bicyclic) bond motifs is 1. The molecular weight excluding hydrogens is 388 g/mol. The van der Waals surface area contributed by atoms with E-state index in [9.17, 15) is 0 Å². The number of benzene rings is 1. The van der Waals surface area contributed by atoms with Crippen molar-refractivity contribution in [1.29, 1.82) is 0 Å². The van der Waals surface area contributed by atoms with Crippen LogP contribution in [0.3, 0.4) is 0 Å². The highest BCUT2D eigenvalue weighted by Gasteiger charge is 2.22. The van der Waals surface area contributed by atoms with Crippen LogP contribution in [0.2, 0.25) is 5.02 Å². The molecule has 0 unspecified atom stereocenters. The Balaban J connectivity index is 1.41. The Labute approximate surface area is 172 Å². The molecule has 4 heterocycles. The zero-order chi connectivity index (χ0) is 19.8. The van der Waals surface area contributed by atoms with E-state index in [1.54, 1.807) is 11.0 Å². The molecule has 4 aromatic rings. The molecule has 9 heteroatoms. The first-order chi connectivity index (χ1) is 14.2. The van der Waals surface area contributed by atoms with Crippen molar-refractivity contribution in [1.82, 2.24) is 29.9 Å². The molecule has 0 aliphatic carbocycles. The summed E-state index contributed by atoms with van der Waals surface area (Å²) < 4.78 is 1.80. The highest BCUT2D eigenvalue weighted by molar-refractivity contribution is 6.30. The van der Waals surface area contributed by atoms with Crippen LogP contribution in [0.15, 0.2) is 48.9 Å². The van der Waals surface area contributed by atoms with Crippen molar-refractivity contribution < 1.29 is 0 Å². The minimum absolute atomic E-state index is 0.663. The number of halogens is 1. The minimum atomic E-state index is 0.663. The first-order valence-electron chi connectivity index (χ1n) is 9.44. The van der Waals surface area contributed by atoms with Crippen LogP contribution < -0.4 is 9.80 Å². The summed E-state index contributed by atoms with van der Waals surface area (Å²) in [6.07, 6.45) is 3.42. The number of nitrogens with zero attached hydrogens (tertiary/aromatic N) is 8. The highest BCUT2D eigenvalue weighted by Crippen LogP contribution is 2.26. The molecule has 0 spiro atoms. The van der Waals surface area contributed by atoms with E-state index in [0.29, 0.717) is 5.02 Å². The van der Waals surface area contributed by atoms with Crippen molar-refractivity contribution in [2.75, 3.05) is 36.0 Å². The summed E-state index contributed by atoms with van der Waals surface area (Å²) in [5, 5.41) is 14.6. The Morgan fingerprint density at radius 1 is 0.931 bits per heavy atom. The van der Waals surface area contributed by atoms with Crippen LogP contribution in [0.1, 0.15) is 5.69 Å². The molecule has 0 radical (unpaired) electrons. The Morgan fingerprint density at radius 3 is 2.52 bits per heavy atom. The summed E-state index contributed by atoms with van der Waals surface area (Å²) >= 11 is 6.14. The van der Waals surface area contributed by atoms with Gasteiger partial charge in [-0.1, -0.05) is 17.7 Å². The van der Waals surface area contributed by atoms with Crippen LogP contribution in [-0.2, 0) is 0 Å². The molecule has 0 N–H and O–H groups in total. The van der Waals surface area contributed by atoms with Crippen molar-refractivity contribution in [2.45, 2.75) is 6.92 Å². The number of hydrogen-bond acceptors (Lipinski definition) is 7. The number of piperazine rings is 1. The van der Waals surface area contributed by atoms with E-state index in [-0.39, 0.29) is 0 Å². The third-order valence-electron chi connectivity index (χ3n) is 5.08. The second-order valence-electron chi connectivity index (χ2n) is 6.98. The van der Waals surface area contributed by atoms with Crippen LogP contribution in [0.4, 0.5) is 11.6 Å². The van der Waals surface area contributed by atoms with Gasteiger partial charge in [0.15, 0.2) is 11.5 Å². The number of aryl methyl sites for hydroxylation is 1. The second-order valence-corrected chi connectivity index (χ2v) is 7.41. The third-order valence-corrected chi connectivity index (χ3v) is 5.32. The number of hydrogen-bond donors (Lipinski definition) is 0. The van der Waals surface area contributed by atoms with Crippen molar-refractivity contribution >= 4 is 34.3 Å². The van der Waals surface area contributed by atoms with Gasteiger partial charge in [-0.3, -0.25) is 0 Å². The molecule has 8 nitrogen and oxygen atoms in total. The van der Waals surface area contributed by atoms with Crippen LogP contribution in [0.25, 0.3) is 16.7 Å². The monoisotopic (exact) mass is 406 g/mol. The first kappa shape index (κ1) is 17.8. The summed E-state index contributed by atoms with van der Waals surface area (Å²) in [5.74, 6) is 1.81. The third kappa shape index (κ3) is 3.36. The van der Waals surface area contributed by atoms with Gasteiger partial charge in [0.05, 0.1) is 23.0 Å². The molecule has 29 heavy (non-hydrogen) atoms. The molecule has 1 saturated heterocycles. The molecule has 1 aliphatic rings. The lowest BCUT2D eigenvalue weighted by Gasteiger charge is -2.35. The SMILES string of the molecule is Cc1ccc(N2CCN(c3ncnc4c3cnn4-c3cccc(Cl)c3)CC2)nn1. The predicted molar refractivity (Wildman–Crippen MR) is 113 cm³/mol. The van der Waals surface area contributed by atoms with Crippen LogP contribution >= 0.6 is 11.6 Å². The van der Waals surface area contributed by atoms with Crippen molar-refractivity contribution in [3.8, 4) is 5.69 Å². The quantitative estimate of drug-likeness (QED) is 0.517. The van der Waals surface area contributed by atoms with Crippen LogP contribution in [0.5, 0.6) is 0 Å². The molecule has 0 atom stereocenters. The van der Waals surface area contributed by atoms with Gasteiger partial charge in [-0.2, -0.15) is 10.2 Å². The van der Waals surface area contributed by atoms with Gasteiger partial charge in [0, 0.05) is 31.2 Å². The lowest BCUT2D eigenvalue weighted by molar-refractivity contribution is 0.639. The second kappa shape index (κ2) is 7.29. The number of aromatic nitrogens is 6.